The minimum Gasteiger partial charge on any atom is -0.497 e. The summed E-state index contributed by atoms with van der Waals surface area (Å²) in [6.45, 7) is 4.28. The third-order valence-corrected chi connectivity index (χ3v) is 11.3. The van der Waals surface area contributed by atoms with E-state index < -0.39 is 89.7 Å². The van der Waals surface area contributed by atoms with E-state index in [0.717, 1.165) is 25.7 Å². The van der Waals surface area contributed by atoms with Crippen LogP contribution in [0, 0.1) is 10.1 Å². The average molecular weight is 979 g/mol. The van der Waals surface area contributed by atoms with Gasteiger partial charge in [-0.1, -0.05) is 36.4 Å². The first-order chi connectivity index (χ1) is 33.9. The number of non-ortho nitro benzene ring substituents is 1. The standard InChI is InChI=1S/C48H50N8O15/c1-26(68-47-39(55-44(60)34-10-8-9-11-35(34)45(55)61)42(70-29(4)59)41(69-28(3)58)37(71-47)24-66-27(2)57)40(67-23-31-14-18-33(65-7)19-15-31)36-22-49-43-38(51-36)46(62)54(48(52-43)50-25-53(5)6)21-20-30-12-16-32(17-13-30)56(63)64/h8-19,22,25-26,37,39-42,47H,20-21,23-24H2,1-7H3/b50-25+/t26-,37+,39+,40+,41+,42+,47+/m0/s1. The second kappa shape index (κ2) is 22.2. The maximum atomic E-state index is 14.5. The molecule has 7 atom stereocenters. The molecule has 5 aromatic rings. The highest BCUT2D eigenvalue weighted by Gasteiger charge is 2.58. The molecule has 23 nitrogen and oxygen atoms in total. The Balaban J connectivity index is 1.32. The van der Waals surface area contributed by atoms with Gasteiger partial charge in [0, 0.05) is 53.5 Å². The van der Waals surface area contributed by atoms with Crippen molar-refractivity contribution in [1.82, 2.24) is 29.3 Å². The Morgan fingerprint density at radius 1 is 0.887 bits per heavy atom. The number of rotatable bonds is 19. The molecule has 1 fully saturated rings. The van der Waals surface area contributed by atoms with Crippen molar-refractivity contribution >= 4 is 58.9 Å². The minimum absolute atomic E-state index is 0.00973. The molecule has 71 heavy (non-hydrogen) atoms. The Kier molecular flexibility index (Phi) is 15.9. The van der Waals surface area contributed by atoms with Crippen LogP contribution in [0.15, 0.2) is 88.8 Å². The van der Waals surface area contributed by atoms with Crippen molar-refractivity contribution in [3.05, 3.63) is 127 Å². The number of nitro benzene ring substituents is 1. The lowest BCUT2D eigenvalue weighted by Gasteiger charge is -2.47. The first kappa shape index (κ1) is 50.8. The fourth-order valence-electron chi connectivity index (χ4n) is 8.02. The summed E-state index contributed by atoms with van der Waals surface area (Å²) in [4.78, 5) is 112. The van der Waals surface area contributed by atoms with E-state index in [9.17, 15) is 38.9 Å². The molecule has 23 heteroatoms. The smallest absolute Gasteiger partial charge is 0.303 e. The van der Waals surface area contributed by atoms with Crippen molar-refractivity contribution in [2.45, 2.75) is 90.1 Å². The number of ether oxygens (including phenoxy) is 7. The molecule has 372 valence electrons. The van der Waals surface area contributed by atoms with E-state index in [1.165, 1.54) is 48.5 Å². The van der Waals surface area contributed by atoms with E-state index in [1.807, 2.05) is 0 Å². The van der Waals surface area contributed by atoms with Gasteiger partial charge in [0.05, 0.1) is 54.1 Å². The van der Waals surface area contributed by atoms with E-state index in [1.54, 1.807) is 74.4 Å². The Labute approximate surface area is 405 Å². The summed E-state index contributed by atoms with van der Waals surface area (Å²) in [5, 5.41) is 11.3. The summed E-state index contributed by atoms with van der Waals surface area (Å²) in [6.07, 6.45) is -5.72. The van der Waals surface area contributed by atoms with Gasteiger partial charge < -0.3 is 38.1 Å². The summed E-state index contributed by atoms with van der Waals surface area (Å²) >= 11 is 0. The molecule has 2 aliphatic heterocycles. The van der Waals surface area contributed by atoms with Gasteiger partial charge in [-0.25, -0.2) is 15.0 Å². The molecule has 0 spiro atoms. The van der Waals surface area contributed by atoms with Crippen LogP contribution in [0.1, 0.15) is 71.3 Å². The zero-order valence-corrected chi connectivity index (χ0v) is 39.7. The van der Waals surface area contributed by atoms with Crippen LogP contribution in [0.25, 0.3) is 11.2 Å². The number of nitro groups is 1. The van der Waals surface area contributed by atoms with E-state index in [4.69, 9.17) is 38.1 Å². The highest BCUT2D eigenvalue weighted by atomic mass is 16.7. The van der Waals surface area contributed by atoms with Crippen LogP contribution < -0.4 is 10.3 Å². The third-order valence-electron chi connectivity index (χ3n) is 11.3. The zero-order valence-electron chi connectivity index (χ0n) is 39.7. The van der Waals surface area contributed by atoms with Crippen molar-refractivity contribution < 1.29 is 62.1 Å². The Hall–Kier alpha value is -8.02. The molecule has 0 N–H and O–H groups in total. The first-order valence-corrected chi connectivity index (χ1v) is 22.2. The minimum atomic E-state index is -1.72. The van der Waals surface area contributed by atoms with Gasteiger partial charge in [0.25, 0.3) is 23.1 Å². The van der Waals surface area contributed by atoms with E-state index >= 15 is 0 Å². The quantitative estimate of drug-likeness (QED) is 0.0215. The van der Waals surface area contributed by atoms with Crippen LogP contribution in [0.5, 0.6) is 5.75 Å². The first-order valence-electron chi connectivity index (χ1n) is 22.2. The number of benzene rings is 3. The number of imide groups is 1. The molecular weight excluding hydrogens is 929 g/mol. The number of nitrogens with zero attached hydrogens (tertiary/aromatic N) is 8. The highest BCUT2D eigenvalue weighted by Crippen LogP contribution is 2.38. The van der Waals surface area contributed by atoms with Crippen LogP contribution in [0.2, 0.25) is 0 Å². The molecule has 0 radical (unpaired) electrons. The van der Waals surface area contributed by atoms with Crippen molar-refractivity contribution in [1.29, 1.82) is 0 Å². The molecule has 0 aliphatic carbocycles. The maximum Gasteiger partial charge on any atom is 0.303 e. The molecule has 2 aromatic heterocycles. The molecule has 0 unspecified atom stereocenters. The van der Waals surface area contributed by atoms with Crippen molar-refractivity contribution in [3.8, 4) is 5.75 Å². The summed E-state index contributed by atoms with van der Waals surface area (Å²) in [5.41, 5.74) is 0.529. The summed E-state index contributed by atoms with van der Waals surface area (Å²) in [6, 6.07) is 17.3. The van der Waals surface area contributed by atoms with Gasteiger partial charge in [-0.3, -0.25) is 48.3 Å². The molecule has 3 aromatic carbocycles. The molecule has 0 bridgehead atoms. The topological polar surface area (TPSA) is 273 Å². The van der Waals surface area contributed by atoms with Gasteiger partial charge in [0.1, 0.15) is 30.6 Å². The number of hydrogen-bond acceptors (Lipinski definition) is 19. The van der Waals surface area contributed by atoms with Gasteiger partial charge >= 0.3 is 17.9 Å². The molecule has 1 saturated heterocycles. The fourth-order valence-corrected chi connectivity index (χ4v) is 8.02. The second-order valence-corrected chi connectivity index (χ2v) is 16.6. The Bertz CT molecular complexity index is 2880. The van der Waals surface area contributed by atoms with Crippen molar-refractivity contribution in [2.75, 3.05) is 27.8 Å². The van der Waals surface area contributed by atoms with Crippen molar-refractivity contribution in [3.63, 3.8) is 0 Å². The van der Waals surface area contributed by atoms with Crippen LogP contribution in [0.3, 0.4) is 0 Å². The number of aryl methyl sites for hydroxylation is 1. The molecule has 7 rings (SSSR count). The number of carbonyl (C=O) groups is 5. The van der Waals surface area contributed by atoms with Crippen molar-refractivity contribution in [2.24, 2.45) is 4.99 Å². The van der Waals surface area contributed by atoms with E-state index in [2.05, 4.69) is 15.0 Å². The highest BCUT2D eigenvalue weighted by molar-refractivity contribution is 6.21. The predicted molar refractivity (Wildman–Crippen MR) is 248 cm³/mol. The third kappa shape index (κ3) is 11.7. The second-order valence-electron chi connectivity index (χ2n) is 16.6. The Morgan fingerprint density at radius 2 is 1.52 bits per heavy atom. The van der Waals surface area contributed by atoms with Gasteiger partial charge in [0.15, 0.2) is 29.7 Å². The summed E-state index contributed by atoms with van der Waals surface area (Å²) in [7, 11) is 5.00. The van der Waals surface area contributed by atoms with E-state index in [-0.39, 0.29) is 59.2 Å². The lowest BCUT2D eigenvalue weighted by molar-refractivity contribution is -0.384. The van der Waals surface area contributed by atoms with Gasteiger partial charge in [-0.15, -0.1) is 0 Å². The predicted octanol–water partition coefficient (Wildman–Crippen LogP) is 4.05. The lowest BCUT2D eigenvalue weighted by Crippen LogP contribution is -2.68. The molecule has 2 amide bonds. The monoisotopic (exact) mass is 978 g/mol. The van der Waals surface area contributed by atoms with Crippen LogP contribution in [0.4, 0.5) is 11.6 Å². The average Bonchev–Trinajstić information content (AvgIpc) is 3.58. The number of methoxy groups -OCH3 is 1. The number of amides is 2. The zero-order chi connectivity index (χ0) is 51.1. The summed E-state index contributed by atoms with van der Waals surface area (Å²) < 4.78 is 43.1. The largest absolute Gasteiger partial charge is 0.497 e. The molecule has 4 heterocycles. The molecular formula is C48H50N8O15. The van der Waals surface area contributed by atoms with Crippen LogP contribution in [-0.2, 0) is 62.4 Å². The normalized spacial score (nSPS) is 19.5. The maximum absolute atomic E-state index is 14.5. The number of aliphatic imine (C=N–C) groups is 1. The number of hydrogen-bond donors (Lipinski definition) is 0. The SMILES string of the molecule is COc1ccc(CO[C@@H](c2cnc3nc(/N=C/N(C)C)n(CCc4ccc([N+](=O)[O-])cc4)c(=O)c3n2)[C@H](C)O[C@@H]2O[C@H](COC(C)=O)[C@@H](OC(C)=O)[C@H](OC(C)=O)[C@H]2N2C(=O)c3ccccc3C2=O)cc1. The van der Waals surface area contributed by atoms with Crippen LogP contribution in [-0.4, -0.2) is 135 Å². The Morgan fingerprint density at radius 3 is 2.11 bits per heavy atom. The number of fused-ring (bicyclic) bond motifs is 2. The number of aromatic nitrogens is 4. The number of carbonyl (C=O) groups excluding carboxylic acids is 5. The van der Waals surface area contributed by atoms with Gasteiger partial charge in [-0.2, -0.15) is 4.98 Å². The fraction of sp³-hybridized carbons (Fsp3) is 0.375. The molecule has 0 saturated carbocycles. The van der Waals surface area contributed by atoms with Crippen LogP contribution >= 0.6 is 0 Å². The molecule has 2 aliphatic rings. The van der Waals surface area contributed by atoms with E-state index in [0.29, 0.717) is 16.9 Å². The summed E-state index contributed by atoms with van der Waals surface area (Å²) in [5.74, 6) is -3.46. The van der Waals surface area contributed by atoms with Gasteiger partial charge in [-0.05, 0) is 48.7 Å². The lowest BCUT2D eigenvalue weighted by atomic mass is 9.94. The number of esters is 3. The van der Waals surface area contributed by atoms with Gasteiger partial charge in [0.2, 0.25) is 5.95 Å².